The van der Waals surface area contributed by atoms with Crippen molar-refractivity contribution in [2.24, 2.45) is 0 Å². The fourth-order valence-electron chi connectivity index (χ4n) is 8.83. The molecule has 0 amide bonds. The van der Waals surface area contributed by atoms with Crippen molar-refractivity contribution in [3.63, 3.8) is 0 Å². The maximum atomic E-state index is 8.68. The normalized spacial score (nSPS) is 13.0. The number of rotatable bonds is 5. The number of fused-ring (bicyclic) bond motifs is 8. The van der Waals surface area contributed by atoms with Crippen molar-refractivity contribution in [3.8, 4) is 50.6 Å². The standard InChI is InChI=1S/C54H33N3O/c1-2-15-34(16-3-1)36-19-12-20-37(33-36)38-26-13-17-35-18-14-27-44(50(35)38)41-31-32-45(40-22-5-4-21-39(40)41)52-51-46-25-8-11-30-49(46)58-53(51)56-54(55-52)57-47-28-9-6-23-42(47)43-24-7-10-29-48(43)57/h1-33H/i1D,2D,3D,15D,16D. The van der Waals surface area contributed by atoms with Crippen LogP contribution in [0.3, 0.4) is 0 Å². The van der Waals surface area contributed by atoms with E-state index in [9.17, 15) is 0 Å². The Bertz CT molecular complexity index is 3800. The van der Waals surface area contributed by atoms with Crippen molar-refractivity contribution < 1.29 is 11.3 Å². The van der Waals surface area contributed by atoms with Gasteiger partial charge in [0, 0.05) is 21.7 Å². The van der Waals surface area contributed by atoms with E-state index in [2.05, 4.69) is 114 Å². The Morgan fingerprint density at radius 3 is 1.79 bits per heavy atom. The van der Waals surface area contributed by atoms with Crippen LogP contribution >= 0.6 is 0 Å². The molecule has 0 aliphatic carbocycles. The van der Waals surface area contributed by atoms with Crippen LogP contribution in [0.4, 0.5) is 0 Å². The minimum absolute atomic E-state index is 0.176. The van der Waals surface area contributed by atoms with E-state index in [1.807, 2.05) is 54.6 Å². The Balaban J connectivity index is 1.09. The largest absolute Gasteiger partial charge is 0.437 e. The Morgan fingerprint density at radius 2 is 1.03 bits per heavy atom. The molecule has 12 aromatic rings. The number of para-hydroxylation sites is 3. The van der Waals surface area contributed by atoms with E-state index in [1.165, 1.54) is 0 Å². The number of benzene rings is 9. The van der Waals surface area contributed by atoms with Crippen molar-refractivity contribution in [1.82, 2.24) is 14.5 Å². The van der Waals surface area contributed by atoms with Crippen LogP contribution in [0.1, 0.15) is 6.85 Å². The molecule has 58 heavy (non-hydrogen) atoms. The third-order valence-electron chi connectivity index (χ3n) is 11.3. The number of aromatic nitrogens is 3. The molecule has 9 aromatic carbocycles. The van der Waals surface area contributed by atoms with Gasteiger partial charge in [-0.1, -0.05) is 176 Å². The summed E-state index contributed by atoms with van der Waals surface area (Å²) >= 11 is 0. The topological polar surface area (TPSA) is 43.9 Å². The second-order valence-electron chi connectivity index (χ2n) is 14.5. The lowest BCUT2D eigenvalue weighted by atomic mass is 9.87. The van der Waals surface area contributed by atoms with E-state index in [0.717, 1.165) is 93.2 Å². The van der Waals surface area contributed by atoms with Gasteiger partial charge >= 0.3 is 0 Å². The molecule has 3 aromatic heterocycles. The average Bonchev–Trinajstić information content (AvgIpc) is 3.88. The second-order valence-corrected chi connectivity index (χ2v) is 14.5. The number of hydrogen-bond acceptors (Lipinski definition) is 3. The van der Waals surface area contributed by atoms with Gasteiger partial charge < -0.3 is 4.42 Å². The monoisotopic (exact) mass is 744 g/mol. The molecule has 0 saturated carbocycles. The van der Waals surface area contributed by atoms with Crippen molar-refractivity contribution in [1.29, 1.82) is 0 Å². The molecule has 12 rings (SSSR count). The Labute approximate surface area is 340 Å². The van der Waals surface area contributed by atoms with E-state index >= 15 is 0 Å². The lowest BCUT2D eigenvalue weighted by molar-refractivity contribution is 0.651. The van der Waals surface area contributed by atoms with Crippen LogP contribution < -0.4 is 0 Å². The van der Waals surface area contributed by atoms with Crippen LogP contribution in [0, 0.1) is 0 Å². The molecule has 0 bridgehead atoms. The molecule has 3 heterocycles. The van der Waals surface area contributed by atoms with Gasteiger partial charge in [-0.25, -0.2) is 4.98 Å². The first-order valence-corrected chi connectivity index (χ1v) is 19.3. The molecule has 0 unspecified atom stereocenters. The van der Waals surface area contributed by atoms with Crippen LogP contribution in [0.5, 0.6) is 0 Å². The fourth-order valence-corrected chi connectivity index (χ4v) is 8.83. The molecule has 0 spiro atoms. The molecular formula is C54H33N3O. The third kappa shape index (κ3) is 4.95. The highest BCUT2D eigenvalue weighted by molar-refractivity contribution is 6.17. The first-order valence-electron chi connectivity index (χ1n) is 21.8. The van der Waals surface area contributed by atoms with Gasteiger partial charge in [-0.05, 0) is 79.2 Å². The predicted molar refractivity (Wildman–Crippen MR) is 240 cm³/mol. The molecule has 0 N–H and O–H groups in total. The van der Waals surface area contributed by atoms with Crippen LogP contribution in [0.15, 0.2) is 204 Å². The summed E-state index contributed by atoms with van der Waals surface area (Å²) < 4.78 is 50.8. The summed E-state index contributed by atoms with van der Waals surface area (Å²) in [6, 6.07) is 56.1. The predicted octanol–water partition coefficient (Wildman–Crippen LogP) is 14.4. The van der Waals surface area contributed by atoms with Crippen molar-refractivity contribution in [3.05, 3.63) is 200 Å². The van der Waals surface area contributed by atoms with Gasteiger partial charge in [0.1, 0.15) is 5.58 Å². The van der Waals surface area contributed by atoms with E-state index in [-0.39, 0.29) is 29.7 Å². The quantitative estimate of drug-likeness (QED) is 0.176. The van der Waals surface area contributed by atoms with Crippen LogP contribution in [0.2, 0.25) is 0 Å². The highest BCUT2D eigenvalue weighted by Gasteiger charge is 2.23. The molecule has 0 fully saturated rings. The van der Waals surface area contributed by atoms with Gasteiger partial charge in [0.05, 0.1) is 29.0 Å². The molecule has 4 nitrogen and oxygen atoms in total. The van der Waals surface area contributed by atoms with Gasteiger partial charge in [0.25, 0.3) is 0 Å². The minimum Gasteiger partial charge on any atom is -0.437 e. The first-order chi connectivity index (χ1) is 30.9. The van der Waals surface area contributed by atoms with Crippen LogP contribution in [-0.4, -0.2) is 14.5 Å². The van der Waals surface area contributed by atoms with E-state index in [4.69, 9.17) is 21.2 Å². The molecular weight excluding hydrogens is 707 g/mol. The molecule has 270 valence electrons. The summed E-state index contributed by atoms with van der Waals surface area (Å²) in [5, 5.41) is 8.17. The van der Waals surface area contributed by atoms with Crippen molar-refractivity contribution in [2.75, 3.05) is 0 Å². The average molecular weight is 745 g/mol. The van der Waals surface area contributed by atoms with Gasteiger partial charge in [-0.2, -0.15) is 4.98 Å². The van der Waals surface area contributed by atoms with Crippen molar-refractivity contribution >= 4 is 65.4 Å². The summed E-state index contributed by atoms with van der Waals surface area (Å²) in [4.78, 5) is 10.6. The molecule has 0 aliphatic heterocycles. The van der Waals surface area contributed by atoms with Gasteiger partial charge in [0.15, 0.2) is 0 Å². The zero-order valence-corrected chi connectivity index (χ0v) is 30.9. The number of hydrogen-bond donors (Lipinski definition) is 0. The summed E-state index contributed by atoms with van der Waals surface area (Å²) in [5.74, 6) is 0.520. The molecule has 0 atom stereocenters. The SMILES string of the molecule is [2H]c1c([2H])c([2H])c(-c2cccc(-c3cccc4cccc(-c5ccc(-c6nc(-n7c8ccccc8c8ccccc87)nc7oc8ccccc8c67)c6ccccc56)c34)c2)c([2H])c1[2H]. The van der Waals surface area contributed by atoms with Gasteiger partial charge in [-0.3, -0.25) is 4.57 Å². The Kier molecular flexibility index (Phi) is 6.15. The summed E-state index contributed by atoms with van der Waals surface area (Å²) in [5.41, 5.74) is 9.61. The zero-order valence-electron chi connectivity index (χ0n) is 35.9. The van der Waals surface area contributed by atoms with Gasteiger partial charge in [-0.15, -0.1) is 0 Å². The molecule has 0 aliphatic rings. The maximum Gasteiger partial charge on any atom is 0.238 e. The van der Waals surface area contributed by atoms with E-state index in [0.29, 0.717) is 17.2 Å². The molecule has 0 radical (unpaired) electrons. The van der Waals surface area contributed by atoms with Crippen LogP contribution in [-0.2, 0) is 0 Å². The summed E-state index contributed by atoms with van der Waals surface area (Å²) in [7, 11) is 0. The molecule has 0 saturated heterocycles. The number of furan rings is 1. The second kappa shape index (κ2) is 12.9. The lowest BCUT2D eigenvalue weighted by Gasteiger charge is -2.17. The summed E-state index contributed by atoms with van der Waals surface area (Å²) in [6.45, 7) is 0. The summed E-state index contributed by atoms with van der Waals surface area (Å²) in [6.07, 6.45) is 0. The first kappa shape index (κ1) is 27.7. The highest BCUT2D eigenvalue weighted by atomic mass is 16.3. The van der Waals surface area contributed by atoms with E-state index in [1.54, 1.807) is 6.07 Å². The third-order valence-corrected chi connectivity index (χ3v) is 11.3. The lowest BCUT2D eigenvalue weighted by Crippen LogP contribution is -2.03. The number of nitrogens with zero attached hydrogens (tertiary/aromatic N) is 3. The smallest absolute Gasteiger partial charge is 0.238 e. The molecule has 4 heteroatoms. The maximum absolute atomic E-state index is 8.68. The Morgan fingerprint density at radius 1 is 0.431 bits per heavy atom. The van der Waals surface area contributed by atoms with Crippen molar-refractivity contribution in [2.45, 2.75) is 0 Å². The van der Waals surface area contributed by atoms with E-state index < -0.39 is 6.04 Å². The van der Waals surface area contributed by atoms with Gasteiger partial charge in [0.2, 0.25) is 11.7 Å². The highest BCUT2D eigenvalue weighted by Crippen LogP contribution is 2.44. The zero-order chi connectivity index (χ0) is 42.5. The minimum atomic E-state index is -0.410. The Hall–Kier alpha value is -7.82. The fraction of sp³-hybridized carbons (Fsp3) is 0. The van der Waals surface area contributed by atoms with Crippen LogP contribution in [0.25, 0.3) is 116 Å².